The highest BCUT2D eigenvalue weighted by Crippen LogP contribution is 2.28. The number of hydrogen-bond acceptors (Lipinski definition) is 2. The van der Waals surface area contributed by atoms with Crippen molar-refractivity contribution in [3.8, 4) is 11.5 Å². The van der Waals surface area contributed by atoms with Crippen LogP contribution in [0.3, 0.4) is 0 Å². The quantitative estimate of drug-likeness (QED) is 0.882. The lowest BCUT2D eigenvalue weighted by molar-refractivity contribution is 0.305. The Hall–Kier alpha value is -1.96. The summed E-state index contributed by atoms with van der Waals surface area (Å²) in [5, 5.41) is 9.85. The molecule has 0 bridgehead atoms. The first-order valence-electron chi connectivity index (χ1n) is 6.20. The van der Waals surface area contributed by atoms with Crippen molar-refractivity contribution >= 4 is 0 Å². The molecule has 2 aromatic rings. The summed E-state index contributed by atoms with van der Waals surface area (Å²) in [6.45, 7) is 4.47. The van der Waals surface area contributed by atoms with Crippen LogP contribution in [0.2, 0.25) is 0 Å². The molecular weight excluding hydrogens is 224 g/mol. The van der Waals surface area contributed by atoms with Crippen molar-refractivity contribution in [1.29, 1.82) is 0 Å². The molecule has 0 saturated carbocycles. The molecule has 0 aliphatic rings. The zero-order valence-electron chi connectivity index (χ0n) is 10.8. The average Bonchev–Trinajstić information content (AvgIpc) is 2.41. The number of phenolic OH excluding ortho intramolecular Hbond substituents is 1. The minimum absolute atomic E-state index is 0.379. The van der Waals surface area contributed by atoms with E-state index in [1.165, 1.54) is 0 Å². The fourth-order valence-corrected chi connectivity index (χ4v) is 1.91. The van der Waals surface area contributed by atoms with Crippen LogP contribution >= 0.6 is 0 Å². The predicted molar refractivity (Wildman–Crippen MR) is 73.0 cm³/mol. The fourth-order valence-electron chi connectivity index (χ4n) is 1.91. The van der Waals surface area contributed by atoms with Gasteiger partial charge in [0.15, 0.2) is 0 Å². The van der Waals surface area contributed by atoms with Crippen LogP contribution in [0.5, 0.6) is 11.5 Å². The lowest BCUT2D eigenvalue weighted by atomic mass is 10.1. The van der Waals surface area contributed by atoms with Gasteiger partial charge in [0.2, 0.25) is 0 Å². The zero-order chi connectivity index (χ0) is 13.0. The maximum atomic E-state index is 9.85. The average molecular weight is 242 g/mol. The Morgan fingerprint density at radius 3 is 2.50 bits per heavy atom. The van der Waals surface area contributed by atoms with Gasteiger partial charge in [-0.3, -0.25) is 0 Å². The first kappa shape index (κ1) is 12.5. The summed E-state index contributed by atoms with van der Waals surface area (Å²) in [5.74, 6) is 1.19. The SMILES string of the molecule is CCc1cc(OCc2ccccc2)cc(C)c1O. The highest BCUT2D eigenvalue weighted by atomic mass is 16.5. The van der Waals surface area contributed by atoms with Crippen LogP contribution in [0.1, 0.15) is 23.6 Å². The van der Waals surface area contributed by atoms with Gasteiger partial charge in [0.05, 0.1) is 0 Å². The van der Waals surface area contributed by atoms with Gasteiger partial charge in [0.1, 0.15) is 18.1 Å². The molecule has 1 N–H and O–H groups in total. The third kappa shape index (κ3) is 2.83. The number of phenols is 1. The van der Waals surface area contributed by atoms with E-state index < -0.39 is 0 Å². The summed E-state index contributed by atoms with van der Waals surface area (Å²) in [4.78, 5) is 0. The third-order valence-electron chi connectivity index (χ3n) is 2.98. The number of hydrogen-bond donors (Lipinski definition) is 1. The van der Waals surface area contributed by atoms with Crippen molar-refractivity contribution in [2.24, 2.45) is 0 Å². The zero-order valence-corrected chi connectivity index (χ0v) is 10.8. The Morgan fingerprint density at radius 1 is 1.11 bits per heavy atom. The van der Waals surface area contributed by atoms with Crippen molar-refractivity contribution in [2.45, 2.75) is 26.9 Å². The standard InChI is InChI=1S/C16H18O2/c1-3-14-10-15(9-12(2)16(14)17)18-11-13-7-5-4-6-8-13/h4-10,17H,3,11H2,1-2H3. The third-order valence-corrected chi connectivity index (χ3v) is 2.98. The van der Waals surface area contributed by atoms with Crippen LogP contribution in [-0.2, 0) is 13.0 Å². The van der Waals surface area contributed by atoms with Crippen LogP contribution in [0, 0.1) is 6.92 Å². The van der Waals surface area contributed by atoms with Crippen LogP contribution in [0.4, 0.5) is 0 Å². The first-order chi connectivity index (χ1) is 8.70. The molecule has 0 aliphatic heterocycles. The van der Waals surface area contributed by atoms with Crippen LogP contribution in [-0.4, -0.2) is 5.11 Å². The van der Waals surface area contributed by atoms with E-state index in [1.54, 1.807) is 0 Å². The highest BCUT2D eigenvalue weighted by molar-refractivity contribution is 5.45. The number of ether oxygens (including phenoxy) is 1. The maximum absolute atomic E-state index is 9.85. The Kier molecular flexibility index (Phi) is 3.88. The molecule has 0 radical (unpaired) electrons. The smallest absolute Gasteiger partial charge is 0.121 e. The van der Waals surface area contributed by atoms with Crippen LogP contribution in [0.25, 0.3) is 0 Å². The molecule has 0 atom stereocenters. The highest BCUT2D eigenvalue weighted by Gasteiger charge is 2.06. The van der Waals surface area contributed by atoms with E-state index in [2.05, 4.69) is 0 Å². The minimum Gasteiger partial charge on any atom is -0.507 e. The van der Waals surface area contributed by atoms with Gasteiger partial charge >= 0.3 is 0 Å². The molecule has 2 aromatic carbocycles. The Bertz CT molecular complexity index is 518. The summed E-state index contributed by atoms with van der Waals surface area (Å²) < 4.78 is 5.76. The second-order valence-corrected chi connectivity index (χ2v) is 4.38. The molecule has 2 nitrogen and oxygen atoms in total. The Morgan fingerprint density at radius 2 is 1.83 bits per heavy atom. The Labute approximate surface area is 108 Å². The summed E-state index contributed by atoms with van der Waals surface area (Å²) in [7, 11) is 0. The van der Waals surface area contributed by atoms with Crippen molar-refractivity contribution < 1.29 is 9.84 Å². The summed E-state index contributed by atoms with van der Waals surface area (Å²) in [6, 6.07) is 13.8. The number of benzene rings is 2. The molecule has 0 heterocycles. The van der Waals surface area contributed by atoms with E-state index in [0.29, 0.717) is 12.4 Å². The van der Waals surface area contributed by atoms with E-state index in [4.69, 9.17) is 4.74 Å². The van der Waals surface area contributed by atoms with Gasteiger partial charge in [-0.25, -0.2) is 0 Å². The van der Waals surface area contributed by atoms with Gasteiger partial charge in [0, 0.05) is 0 Å². The van der Waals surface area contributed by atoms with Crippen molar-refractivity contribution in [3.05, 3.63) is 59.2 Å². The van der Waals surface area contributed by atoms with Gasteiger partial charge in [-0.15, -0.1) is 0 Å². The number of aromatic hydroxyl groups is 1. The fraction of sp³-hybridized carbons (Fsp3) is 0.250. The molecule has 2 heteroatoms. The number of aryl methyl sites for hydroxylation is 2. The van der Waals surface area contributed by atoms with Crippen molar-refractivity contribution in [1.82, 2.24) is 0 Å². The van der Waals surface area contributed by atoms with E-state index in [9.17, 15) is 5.11 Å². The molecule has 0 unspecified atom stereocenters. The summed E-state index contributed by atoms with van der Waals surface area (Å²) in [6.07, 6.45) is 0.801. The molecular formula is C16H18O2. The topological polar surface area (TPSA) is 29.5 Å². The maximum Gasteiger partial charge on any atom is 0.121 e. The molecule has 18 heavy (non-hydrogen) atoms. The van der Waals surface area contributed by atoms with Crippen molar-refractivity contribution in [3.63, 3.8) is 0 Å². The minimum atomic E-state index is 0.379. The summed E-state index contributed by atoms with van der Waals surface area (Å²) in [5.41, 5.74) is 2.93. The lowest BCUT2D eigenvalue weighted by Crippen LogP contribution is -1.96. The lowest BCUT2D eigenvalue weighted by Gasteiger charge is -2.11. The second kappa shape index (κ2) is 5.58. The molecule has 0 aromatic heterocycles. The van der Waals surface area contributed by atoms with Gasteiger partial charge in [-0.1, -0.05) is 37.3 Å². The van der Waals surface area contributed by atoms with Gasteiger partial charge in [-0.05, 0) is 42.2 Å². The van der Waals surface area contributed by atoms with Gasteiger partial charge < -0.3 is 9.84 Å². The molecule has 0 fully saturated rings. The van der Waals surface area contributed by atoms with E-state index in [-0.39, 0.29) is 0 Å². The molecule has 0 saturated heterocycles. The number of rotatable bonds is 4. The first-order valence-corrected chi connectivity index (χ1v) is 6.20. The largest absolute Gasteiger partial charge is 0.507 e. The molecule has 0 aliphatic carbocycles. The van der Waals surface area contributed by atoms with Gasteiger partial charge in [-0.2, -0.15) is 0 Å². The Balaban J connectivity index is 2.13. The molecule has 94 valence electrons. The van der Waals surface area contributed by atoms with Crippen LogP contribution in [0.15, 0.2) is 42.5 Å². The molecule has 0 spiro atoms. The van der Waals surface area contributed by atoms with E-state index in [0.717, 1.165) is 28.9 Å². The molecule has 2 rings (SSSR count). The summed E-state index contributed by atoms with van der Waals surface area (Å²) >= 11 is 0. The second-order valence-electron chi connectivity index (χ2n) is 4.38. The monoisotopic (exact) mass is 242 g/mol. The predicted octanol–water partition coefficient (Wildman–Crippen LogP) is 3.84. The molecule has 0 amide bonds. The van der Waals surface area contributed by atoms with Gasteiger partial charge in [0.25, 0.3) is 0 Å². The van der Waals surface area contributed by atoms with Crippen molar-refractivity contribution in [2.75, 3.05) is 0 Å². The van der Waals surface area contributed by atoms with Crippen LogP contribution < -0.4 is 4.74 Å². The van der Waals surface area contributed by atoms with E-state index in [1.807, 2.05) is 56.3 Å². The normalized spacial score (nSPS) is 10.3. The van der Waals surface area contributed by atoms with E-state index >= 15 is 0 Å².